The number of anilines is 1. The van der Waals surface area contributed by atoms with Crippen LogP contribution in [-0.4, -0.2) is 23.3 Å². The molecule has 1 aliphatic heterocycles. The van der Waals surface area contributed by atoms with Crippen LogP contribution in [0.1, 0.15) is 6.42 Å². The molecule has 0 radical (unpaired) electrons. The number of carbonyl (C=O) groups excluding carboxylic acids is 2. The van der Waals surface area contributed by atoms with E-state index in [1.54, 1.807) is 0 Å². The molecule has 5 nitrogen and oxygen atoms in total. The van der Waals surface area contributed by atoms with Crippen molar-refractivity contribution in [2.75, 3.05) is 11.9 Å². The van der Waals surface area contributed by atoms with E-state index in [-0.39, 0.29) is 11.8 Å². The van der Waals surface area contributed by atoms with Crippen molar-refractivity contribution < 1.29 is 9.59 Å². The van der Waals surface area contributed by atoms with E-state index in [9.17, 15) is 9.59 Å². The van der Waals surface area contributed by atoms with Gasteiger partial charge in [0.1, 0.15) is 5.92 Å². The molecular formula is C18H15N3O2S. The van der Waals surface area contributed by atoms with Crippen LogP contribution in [0.3, 0.4) is 0 Å². The third-order valence-electron chi connectivity index (χ3n) is 4.09. The lowest BCUT2D eigenvalue weighted by molar-refractivity contribution is -0.130. The Morgan fingerprint density at radius 1 is 1.17 bits per heavy atom. The minimum absolute atomic E-state index is 0.208. The van der Waals surface area contributed by atoms with Gasteiger partial charge in [-0.1, -0.05) is 47.7 Å². The van der Waals surface area contributed by atoms with Gasteiger partial charge in [-0.25, -0.2) is 4.98 Å². The van der Waals surface area contributed by atoms with Crippen LogP contribution < -0.4 is 10.6 Å². The van der Waals surface area contributed by atoms with Crippen molar-refractivity contribution in [2.45, 2.75) is 6.42 Å². The van der Waals surface area contributed by atoms with Gasteiger partial charge in [0.15, 0.2) is 5.13 Å². The zero-order valence-corrected chi connectivity index (χ0v) is 13.6. The van der Waals surface area contributed by atoms with Crippen molar-refractivity contribution in [1.29, 1.82) is 0 Å². The molecule has 1 fully saturated rings. The number of benzene rings is 2. The van der Waals surface area contributed by atoms with Gasteiger partial charge in [0.2, 0.25) is 11.8 Å². The van der Waals surface area contributed by atoms with Crippen LogP contribution in [0.25, 0.3) is 21.3 Å². The number of thiazole rings is 1. The smallest absolute Gasteiger partial charge is 0.238 e. The maximum atomic E-state index is 12.2. The zero-order valence-electron chi connectivity index (χ0n) is 12.8. The van der Waals surface area contributed by atoms with E-state index in [0.29, 0.717) is 18.1 Å². The predicted octanol–water partition coefficient (Wildman–Crippen LogP) is 3.04. The number of nitrogens with zero attached hydrogens (tertiary/aromatic N) is 1. The van der Waals surface area contributed by atoms with Gasteiger partial charge in [0.05, 0.1) is 10.2 Å². The zero-order chi connectivity index (χ0) is 16.5. The van der Waals surface area contributed by atoms with Crippen LogP contribution >= 0.6 is 11.3 Å². The summed E-state index contributed by atoms with van der Waals surface area (Å²) in [5.74, 6) is -1.11. The van der Waals surface area contributed by atoms with Crippen LogP contribution in [0.2, 0.25) is 0 Å². The van der Waals surface area contributed by atoms with Crippen LogP contribution in [0.15, 0.2) is 48.5 Å². The van der Waals surface area contributed by atoms with Gasteiger partial charge >= 0.3 is 0 Å². The Morgan fingerprint density at radius 2 is 2.00 bits per heavy atom. The number of nitrogens with one attached hydrogen (secondary N) is 2. The molecule has 1 saturated heterocycles. The summed E-state index contributed by atoms with van der Waals surface area (Å²) in [7, 11) is 0. The Balaban J connectivity index is 1.59. The van der Waals surface area contributed by atoms with Crippen molar-refractivity contribution in [3.8, 4) is 11.1 Å². The standard InChI is InChI=1S/C18H15N3O2S/c22-16-13(8-9-19-16)17(23)21-18-20-14-7-6-12(10-15(14)24-18)11-4-2-1-3-5-11/h1-7,10,13H,8-9H2,(H,19,22)(H,20,21,23). The number of aromatic nitrogens is 1. The summed E-state index contributed by atoms with van der Waals surface area (Å²) >= 11 is 1.42. The number of hydrogen-bond acceptors (Lipinski definition) is 4. The third kappa shape index (κ3) is 2.76. The number of carbonyl (C=O) groups is 2. The Bertz CT molecular complexity index is 920. The lowest BCUT2D eigenvalue weighted by atomic mass is 10.1. The highest BCUT2D eigenvalue weighted by molar-refractivity contribution is 7.22. The molecule has 0 aliphatic carbocycles. The van der Waals surface area contributed by atoms with Crippen LogP contribution in [0, 0.1) is 5.92 Å². The van der Waals surface area contributed by atoms with Gasteiger partial charge in [-0.15, -0.1) is 0 Å². The Kier molecular flexibility index (Phi) is 3.74. The van der Waals surface area contributed by atoms with E-state index in [4.69, 9.17) is 0 Å². The molecule has 2 amide bonds. The average molecular weight is 337 g/mol. The lowest BCUT2D eigenvalue weighted by Crippen LogP contribution is -2.29. The molecule has 6 heteroatoms. The van der Waals surface area contributed by atoms with Crippen molar-refractivity contribution in [3.63, 3.8) is 0 Å². The molecule has 0 saturated carbocycles. The molecule has 2 heterocycles. The Labute approximate surface area is 142 Å². The summed E-state index contributed by atoms with van der Waals surface area (Å²) < 4.78 is 1.00. The average Bonchev–Trinajstić information content (AvgIpc) is 3.20. The molecule has 2 N–H and O–H groups in total. The van der Waals surface area contributed by atoms with E-state index in [2.05, 4.69) is 33.8 Å². The topological polar surface area (TPSA) is 71.1 Å². The minimum atomic E-state index is -0.614. The summed E-state index contributed by atoms with van der Waals surface area (Å²) in [6, 6.07) is 16.2. The van der Waals surface area contributed by atoms with Crippen LogP contribution in [-0.2, 0) is 9.59 Å². The van der Waals surface area contributed by atoms with Gasteiger partial charge < -0.3 is 10.6 Å². The van der Waals surface area contributed by atoms with Crippen LogP contribution in [0.4, 0.5) is 5.13 Å². The second-order valence-electron chi connectivity index (χ2n) is 5.69. The molecule has 24 heavy (non-hydrogen) atoms. The first-order valence-electron chi connectivity index (χ1n) is 7.75. The predicted molar refractivity (Wildman–Crippen MR) is 94.8 cm³/mol. The Morgan fingerprint density at radius 3 is 2.75 bits per heavy atom. The largest absolute Gasteiger partial charge is 0.355 e. The second kappa shape index (κ2) is 6.05. The normalized spacial score (nSPS) is 17.0. The number of amides is 2. The summed E-state index contributed by atoms with van der Waals surface area (Å²) in [5, 5.41) is 5.97. The van der Waals surface area contributed by atoms with E-state index >= 15 is 0 Å². The van der Waals surface area contributed by atoms with E-state index in [1.165, 1.54) is 11.3 Å². The fourth-order valence-electron chi connectivity index (χ4n) is 2.82. The molecule has 0 spiro atoms. The van der Waals surface area contributed by atoms with Gasteiger partial charge in [-0.05, 0) is 29.7 Å². The fraction of sp³-hybridized carbons (Fsp3) is 0.167. The van der Waals surface area contributed by atoms with Crippen molar-refractivity contribution >= 4 is 38.5 Å². The quantitative estimate of drug-likeness (QED) is 0.722. The maximum Gasteiger partial charge on any atom is 0.238 e. The van der Waals surface area contributed by atoms with Crippen molar-refractivity contribution in [1.82, 2.24) is 10.3 Å². The number of rotatable bonds is 3. The summed E-state index contributed by atoms with van der Waals surface area (Å²) in [6.07, 6.45) is 0.535. The third-order valence-corrected chi connectivity index (χ3v) is 5.02. The maximum absolute atomic E-state index is 12.2. The van der Waals surface area contributed by atoms with Crippen LogP contribution in [0.5, 0.6) is 0 Å². The molecule has 4 rings (SSSR count). The van der Waals surface area contributed by atoms with Gasteiger partial charge in [-0.2, -0.15) is 0 Å². The minimum Gasteiger partial charge on any atom is -0.355 e. The van der Waals surface area contributed by atoms with E-state index < -0.39 is 5.92 Å². The molecule has 1 aliphatic rings. The first kappa shape index (κ1) is 14.8. The summed E-state index contributed by atoms with van der Waals surface area (Å²) in [6.45, 7) is 0.553. The SMILES string of the molecule is O=C1NCCC1C(=O)Nc1nc2ccc(-c3ccccc3)cc2s1. The summed E-state index contributed by atoms with van der Waals surface area (Å²) in [4.78, 5) is 28.2. The molecular weight excluding hydrogens is 322 g/mol. The van der Waals surface area contributed by atoms with E-state index in [0.717, 1.165) is 21.3 Å². The van der Waals surface area contributed by atoms with E-state index in [1.807, 2.05) is 30.3 Å². The fourth-order valence-corrected chi connectivity index (χ4v) is 3.73. The molecule has 120 valence electrons. The molecule has 1 aromatic heterocycles. The highest BCUT2D eigenvalue weighted by atomic mass is 32.1. The lowest BCUT2D eigenvalue weighted by Gasteiger charge is -2.05. The number of hydrogen-bond donors (Lipinski definition) is 2. The molecule has 2 aromatic carbocycles. The summed E-state index contributed by atoms with van der Waals surface area (Å²) in [5.41, 5.74) is 3.09. The monoisotopic (exact) mass is 337 g/mol. The molecule has 0 bridgehead atoms. The van der Waals surface area contributed by atoms with Crippen molar-refractivity contribution in [2.24, 2.45) is 5.92 Å². The second-order valence-corrected chi connectivity index (χ2v) is 6.72. The van der Waals surface area contributed by atoms with Gasteiger partial charge in [0.25, 0.3) is 0 Å². The van der Waals surface area contributed by atoms with Gasteiger partial charge in [0, 0.05) is 6.54 Å². The first-order valence-corrected chi connectivity index (χ1v) is 8.57. The van der Waals surface area contributed by atoms with Gasteiger partial charge in [-0.3, -0.25) is 9.59 Å². The molecule has 1 atom stereocenters. The molecule has 3 aromatic rings. The van der Waals surface area contributed by atoms with Crippen molar-refractivity contribution in [3.05, 3.63) is 48.5 Å². The highest BCUT2D eigenvalue weighted by Crippen LogP contribution is 2.30. The number of fused-ring (bicyclic) bond motifs is 1. The Hall–Kier alpha value is -2.73. The molecule has 1 unspecified atom stereocenters. The first-order chi connectivity index (χ1) is 11.7. The highest BCUT2D eigenvalue weighted by Gasteiger charge is 2.31.